The first-order valence-corrected chi connectivity index (χ1v) is 12.6. The van der Waals surface area contributed by atoms with Crippen LogP contribution in [0.5, 0.6) is 0 Å². The van der Waals surface area contributed by atoms with Crippen molar-refractivity contribution in [1.82, 2.24) is 19.3 Å². The first-order chi connectivity index (χ1) is 16.3. The largest absolute Gasteiger partial charge is 0.308 e. The van der Waals surface area contributed by atoms with Crippen molar-refractivity contribution in [2.45, 2.75) is 26.8 Å². The normalized spacial score (nSPS) is 11.9. The lowest BCUT2D eigenvalue weighted by atomic mass is 10.1. The van der Waals surface area contributed by atoms with Crippen LogP contribution in [0.3, 0.4) is 0 Å². The number of sulfonamides is 1. The number of imidazole rings is 1. The highest BCUT2D eigenvalue weighted by atomic mass is 35.5. The Morgan fingerprint density at radius 3 is 2.56 bits per heavy atom. The third-order valence-electron chi connectivity index (χ3n) is 5.34. The van der Waals surface area contributed by atoms with E-state index in [1.54, 1.807) is 30.3 Å². The molecule has 34 heavy (non-hydrogen) atoms. The number of fused-ring (bicyclic) bond motifs is 1. The molecule has 0 aliphatic carbocycles. The molecule has 2 aromatic heterocycles. The summed E-state index contributed by atoms with van der Waals surface area (Å²) < 4.78 is 28.6. The van der Waals surface area contributed by atoms with E-state index in [0.29, 0.717) is 34.1 Å². The average molecular weight is 495 g/mol. The van der Waals surface area contributed by atoms with E-state index in [0.717, 1.165) is 23.0 Å². The summed E-state index contributed by atoms with van der Waals surface area (Å²) in [5, 5.41) is 1.60. The molecule has 0 fully saturated rings. The molecule has 0 atom stereocenters. The number of pyridine rings is 1. The SMILES string of the molecule is CCc1ccc(Cn2c(C)nc3ccc(C(=O)NS(=O)(=O)/C=C/c4ccccc4)nc32)c(Cl)c1. The fourth-order valence-electron chi connectivity index (χ4n) is 3.49. The molecule has 4 rings (SSSR count). The molecular weight excluding hydrogens is 472 g/mol. The molecular formula is C25H23ClN4O3S. The monoisotopic (exact) mass is 494 g/mol. The van der Waals surface area contributed by atoms with E-state index in [1.807, 2.05) is 40.5 Å². The second-order valence-corrected chi connectivity index (χ2v) is 9.73. The Labute approximate surface area is 203 Å². The second-order valence-electron chi connectivity index (χ2n) is 7.75. The van der Waals surface area contributed by atoms with Crippen LogP contribution in [-0.4, -0.2) is 28.9 Å². The van der Waals surface area contributed by atoms with Crippen molar-refractivity contribution >= 4 is 44.8 Å². The number of hydrogen-bond acceptors (Lipinski definition) is 5. The fraction of sp³-hybridized carbons (Fsp3) is 0.160. The van der Waals surface area contributed by atoms with Crippen LogP contribution in [0.2, 0.25) is 5.02 Å². The average Bonchev–Trinajstić information content (AvgIpc) is 3.13. The van der Waals surface area contributed by atoms with Gasteiger partial charge in [0.15, 0.2) is 5.65 Å². The molecule has 0 unspecified atom stereocenters. The summed E-state index contributed by atoms with van der Waals surface area (Å²) in [5.74, 6) is -0.121. The van der Waals surface area contributed by atoms with Crippen LogP contribution < -0.4 is 4.72 Å². The molecule has 4 aromatic rings. The van der Waals surface area contributed by atoms with Gasteiger partial charge in [0.25, 0.3) is 15.9 Å². The van der Waals surface area contributed by atoms with Crippen LogP contribution in [0.1, 0.15) is 39.9 Å². The highest BCUT2D eigenvalue weighted by molar-refractivity contribution is 7.93. The van der Waals surface area contributed by atoms with Crippen molar-refractivity contribution in [1.29, 1.82) is 0 Å². The molecule has 0 saturated carbocycles. The molecule has 0 aliphatic rings. The highest BCUT2D eigenvalue weighted by Gasteiger charge is 2.18. The van der Waals surface area contributed by atoms with Gasteiger partial charge in [0.2, 0.25) is 0 Å². The van der Waals surface area contributed by atoms with Crippen molar-refractivity contribution < 1.29 is 13.2 Å². The predicted molar refractivity (Wildman–Crippen MR) is 134 cm³/mol. The molecule has 7 nitrogen and oxygen atoms in total. The van der Waals surface area contributed by atoms with Crippen LogP contribution in [0, 0.1) is 6.92 Å². The van der Waals surface area contributed by atoms with E-state index in [4.69, 9.17) is 11.6 Å². The summed E-state index contributed by atoms with van der Waals surface area (Å²) >= 11 is 6.47. The molecule has 1 amide bonds. The number of aromatic nitrogens is 3. The molecule has 0 aliphatic heterocycles. The first kappa shape index (κ1) is 23.7. The topological polar surface area (TPSA) is 94.0 Å². The van der Waals surface area contributed by atoms with E-state index in [1.165, 1.54) is 12.1 Å². The molecule has 9 heteroatoms. The number of benzene rings is 2. The number of amides is 1. The van der Waals surface area contributed by atoms with E-state index < -0.39 is 15.9 Å². The third-order valence-corrected chi connectivity index (χ3v) is 6.66. The maximum Gasteiger partial charge on any atom is 0.283 e. The minimum atomic E-state index is -4.01. The minimum Gasteiger partial charge on any atom is -0.308 e. The number of carbonyl (C=O) groups excluding carboxylic acids is 1. The van der Waals surface area contributed by atoms with E-state index in [-0.39, 0.29) is 5.69 Å². The summed E-state index contributed by atoms with van der Waals surface area (Å²) in [6.45, 7) is 4.32. The smallest absolute Gasteiger partial charge is 0.283 e. The van der Waals surface area contributed by atoms with Gasteiger partial charge in [-0.15, -0.1) is 0 Å². The number of carbonyl (C=O) groups is 1. The number of nitrogens with zero attached hydrogens (tertiary/aromatic N) is 3. The zero-order valence-corrected chi connectivity index (χ0v) is 20.3. The predicted octanol–water partition coefficient (Wildman–Crippen LogP) is 4.73. The van der Waals surface area contributed by atoms with E-state index in [9.17, 15) is 13.2 Å². The number of aryl methyl sites for hydroxylation is 2. The van der Waals surface area contributed by atoms with Gasteiger partial charge in [-0.25, -0.2) is 23.1 Å². The standard InChI is InChI=1S/C25H23ClN4O3S/c1-3-18-9-10-20(21(26)15-18)16-30-17(2)27-22-11-12-23(28-24(22)30)25(31)29-34(32,33)14-13-19-7-5-4-6-8-19/h4-15H,3,16H2,1-2H3,(H,29,31)/b14-13+. The molecule has 0 radical (unpaired) electrons. The van der Waals surface area contributed by atoms with Crippen LogP contribution in [0.4, 0.5) is 0 Å². The lowest BCUT2D eigenvalue weighted by Gasteiger charge is -2.10. The third kappa shape index (κ3) is 5.35. The van der Waals surface area contributed by atoms with Gasteiger partial charge in [0.05, 0.1) is 12.0 Å². The maximum absolute atomic E-state index is 12.7. The molecule has 0 spiro atoms. The van der Waals surface area contributed by atoms with Crippen LogP contribution in [-0.2, 0) is 23.0 Å². The van der Waals surface area contributed by atoms with Crippen molar-refractivity contribution in [2.24, 2.45) is 0 Å². The van der Waals surface area contributed by atoms with Crippen molar-refractivity contribution in [3.05, 3.63) is 99.3 Å². The molecule has 2 aromatic carbocycles. The van der Waals surface area contributed by atoms with Gasteiger partial charge in [0.1, 0.15) is 17.0 Å². The van der Waals surface area contributed by atoms with Gasteiger partial charge < -0.3 is 4.57 Å². The van der Waals surface area contributed by atoms with Crippen molar-refractivity contribution in [3.63, 3.8) is 0 Å². The number of halogens is 1. The lowest BCUT2D eigenvalue weighted by molar-refractivity contribution is 0.0977. The Hall–Kier alpha value is -3.49. The van der Waals surface area contributed by atoms with Gasteiger partial charge in [-0.1, -0.05) is 61.0 Å². The Balaban J connectivity index is 1.59. The maximum atomic E-state index is 12.7. The molecule has 174 valence electrons. The lowest BCUT2D eigenvalue weighted by Crippen LogP contribution is -2.29. The zero-order valence-electron chi connectivity index (χ0n) is 18.7. The second kappa shape index (κ2) is 9.79. The Morgan fingerprint density at radius 1 is 1.09 bits per heavy atom. The summed E-state index contributed by atoms with van der Waals surface area (Å²) in [7, 11) is -4.01. The number of nitrogens with one attached hydrogen (secondary N) is 1. The summed E-state index contributed by atoms with van der Waals surface area (Å²) in [6.07, 6.45) is 2.30. The van der Waals surface area contributed by atoms with Crippen molar-refractivity contribution in [2.75, 3.05) is 0 Å². The van der Waals surface area contributed by atoms with Crippen LogP contribution in [0.25, 0.3) is 17.2 Å². The number of hydrogen-bond donors (Lipinski definition) is 1. The van der Waals surface area contributed by atoms with Gasteiger partial charge in [-0.2, -0.15) is 0 Å². The van der Waals surface area contributed by atoms with E-state index in [2.05, 4.69) is 16.9 Å². The highest BCUT2D eigenvalue weighted by Crippen LogP contribution is 2.23. The Kier molecular flexibility index (Phi) is 6.81. The van der Waals surface area contributed by atoms with Crippen LogP contribution in [0.15, 0.2) is 66.1 Å². The quantitative estimate of drug-likeness (QED) is 0.400. The minimum absolute atomic E-state index is 0.0298. The number of rotatable bonds is 7. The van der Waals surface area contributed by atoms with E-state index >= 15 is 0 Å². The van der Waals surface area contributed by atoms with Crippen molar-refractivity contribution in [3.8, 4) is 0 Å². The Bertz CT molecular complexity index is 1500. The molecule has 2 heterocycles. The molecule has 1 N–H and O–H groups in total. The van der Waals surface area contributed by atoms with Crippen LogP contribution >= 0.6 is 11.6 Å². The molecule has 0 saturated heterocycles. The van der Waals surface area contributed by atoms with Gasteiger partial charge in [0, 0.05) is 5.02 Å². The van der Waals surface area contributed by atoms with Gasteiger partial charge in [-0.05, 0) is 54.3 Å². The molecule has 0 bridgehead atoms. The summed E-state index contributed by atoms with van der Waals surface area (Å²) in [5.41, 5.74) is 3.77. The fourth-order valence-corrected chi connectivity index (χ4v) is 4.52. The van der Waals surface area contributed by atoms with Gasteiger partial charge >= 0.3 is 0 Å². The summed E-state index contributed by atoms with van der Waals surface area (Å²) in [4.78, 5) is 21.6. The summed E-state index contributed by atoms with van der Waals surface area (Å²) in [6, 6.07) is 18.0. The first-order valence-electron chi connectivity index (χ1n) is 10.7. The zero-order chi connectivity index (χ0) is 24.3. The van der Waals surface area contributed by atoms with Gasteiger partial charge in [-0.3, -0.25) is 4.79 Å². The Morgan fingerprint density at radius 2 is 1.85 bits per heavy atom.